The van der Waals surface area contributed by atoms with Crippen LogP contribution in [0.5, 0.6) is 0 Å². The van der Waals surface area contributed by atoms with Gasteiger partial charge in [-0.15, -0.1) is 0 Å². The third-order valence-corrected chi connectivity index (χ3v) is 5.40. The predicted molar refractivity (Wildman–Crippen MR) is 79.7 cm³/mol. The van der Waals surface area contributed by atoms with E-state index in [-0.39, 0.29) is 29.9 Å². The maximum absolute atomic E-state index is 13.8. The zero-order chi connectivity index (χ0) is 15.5. The van der Waals surface area contributed by atoms with Crippen molar-refractivity contribution in [3.8, 4) is 0 Å². The van der Waals surface area contributed by atoms with E-state index < -0.39 is 15.8 Å². The summed E-state index contributed by atoms with van der Waals surface area (Å²) in [5.74, 6) is -0.659. The zero-order valence-corrected chi connectivity index (χ0v) is 13.0. The van der Waals surface area contributed by atoms with Gasteiger partial charge >= 0.3 is 0 Å². The average molecular weight is 315 g/mol. The van der Waals surface area contributed by atoms with E-state index in [4.69, 9.17) is 5.11 Å². The van der Waals surface area contributed by atoms with Crippen LogP contribution in [0, 0.1) is 18.7 Å². The molecule has 0 spiro atoms. The molecule has 1 aliphatic rings. The number of nitrogens with one attached hydrogen (secondary N) is 1. The fourth-order valence-corrected chi connectivity index (χ4v) is 4.45. The van der Waals surface area contributed by atoms with Crippen LogP contribution in [-0.4, -0.2) is 26.2 Å². The van der Waals surface area contributed by atoms with Gasteiger partial charge in [-0.3, -0.25) is 0 Å². The molecule has 1 aliphatic carbocycles. The molecule has 1 aromatic rings. The summed E-state index contributed by atoms with van der Waals surface area (Å²) in [4.78, 5) is 0. The molecular formula is C15H22FNO3S. The number of aliphatic hydroxyl groups excluding tert-OH is 1. The molecular weight excluding hydrogens is 293 g/mol. The van der Waals surface area contributed by atoms with Gasteiger partial charge in [0.25, 0.3) is 0 Å². The molecule has 6 heteroatoms. The molecule has 0 bridgehead atoms. The summed E-state index contributed by atoms with van der Waals surface area (Å²) in [6, 6.07) is 4.42. The van der Waals surface area contributed by atoms with Crippen molar-refractivity contribution in [3.05, 3.63) is 35.1 Å². The van der Waals surface area contributed by atoms with Crippen molar-refractivity contribution >= 4 is 10.0 Å². The highest BCUT2D eigenvalue weighted by molar-refractivity contribution is 7.88. The van der Waals surface area contributed by atoms with E-state index in [0.717, 1.165) is 24.8 Å². The van der Waals surface area contributed by atoms with E-state index in [2.05, 4.69) is 4.72 Å². The van der Waals surface area contributed by atoms with Gasteiger partial charge in [0.05, 0.1) is 5.75 Å². The molecule has 2 atom stereocenters. The Morgan fingerprint density at radius 1 is 1.38 bits per heavy atom. The molecule has 2 N–H and O–H groups in total. The molecule has 118 valence electrons. The Bertz CT molecular complexity index is 589. The van der Waals surface area contributed by atoms with E-state index in [1.165, 1.54) is 12.1 Å². The van der Waals surface area contributed by atoms with E-state index in [0.29, 0.717) is 6.42 Å². The van der Waals surface area contributed by atoms with Crippen LogP contribution in [0.1, 0.15) is 36.8 Å². The molecule has 0 unspecified atom stereocenters. The van der Waals surface area contributed by atoms with Gasteiger partial charge in [-0.25, -0.2) is 17.5 Å². The topological polar surface area (TPSA) is 66.4 Å². The van der Waals surface area contributed by atoms with E-state index in [1.54, 1.807) is 13.0 Å². The summed E-state index contributed by atoms with van der Waals surface area (Å²) in [5, 5.41) is 9.01. The third-order valence-electron chi connectivity index (χ3n) is 4.04. The molecule has 1 aromatic carbocycles. The number of aryl methyl sites for hydroxylation is 1. The number of aliphatic hydroxyl groups is 1. The lowest BCUT2D eigenvalue weighted by molar-refractivity contribution is 0.248. The first-order chi connectivity index (χ1) is 9.91. The van der Waals surface area contributed by atoms with Gasteiger partial charge in [0.1, 0.15) is 5.82 Å². The van der Waals surface area contributed by atoms with Crippen LogP contribution in [0.3, 0.4) is 0 Å². The fourth-order valence-electron chi connectivity index (χ4n) is 2.95. The fraction of sp³-hybridized carbons (Fsp3) is 0.600. The van der Waals surface area contributed by atoms with Crippen LogP contribution in [0.25, 0.3) is 0 Å². The Balaban J connectivity index is 2.04. The second-order valence-corrected chi connectivity index (χ2v) is 7.54. The highest BCUT2D eigenvalue weighted by Gasteiger charge is 2.30. The summed E-state index contributed by atoms with van der Waals surface area (Å²) >= 11 is 0. The normalized spacial score (nSPS) is 22.6. The van der Waals surface area contributed by atoms with Crippen LogP contribution in [0.2, 0.25) is 0 Å². The van der Waals surface area contributed by atoms with Crippen molar-refractivity contribution in [1.82, 2.24) is 4.72 Å². The third kappa shape index (κ3) is 4.49. The Labute approximate surface area is 125 Å². The molecule has 2 rings (SSSR count). The van der Waals surface area contributed by atoms with Gasteiger partial charge in [-0.2, -0.15) is 0 Å². The number of rotatable bonds is 6. The second-order valence-electron chi connectivity index (χ2n) is 5.78. The van der Waals surface area contributed by atoms with Gasteiger partial charge < -0.3 is 5.11 Å². The van der Waals surface area contributed by atoms with Crippen molar-refractivity contribution in [2.75, 3.05) is 6.61 Å². The summed E-state index contributed by atoms with van der Waals surface area (Å²) in [5.41, 5.74) is 0.949. The molecule has 0 heterocycles. The van der Waals surface area contributed by atoms with Crippen LogP contribution >= 0.6 is 0 Å². The van der Waals surface area contributed by atoms with E-state index in [9.17, 15) is 12.8 Å². The van der Waals surface area contributed by atoms with E-state index in [1.807, 2.05) is 0 Å². The molecule has 0 aliphatic heterocycles. The minimum Gasteiger partial charge on any atom is -0.396 e. The first-order valence-corrected chi connectivity index (χ1v) is 8.92. The molecule has 0 amide bonds. The average Bonchev–Trinajstić information content (AvgIpc) is 2.80. The van der Waals surface area contributed by atoms with Gasteiger partial charge in [0.15, 0.2) is 0 Å². The number of sulfonamides is 1. The molecule has 0 aromatic heterocycles. The number of benzene rings is 1. The van der Waals surface area contributed by atoms with Gasteiger partial charge in [0.2, 0.25) is 10.0 Å². The van der Waals surface area contributed by atoms with Crippen LogP contribution < -0.4 is 4.72 Å². The maximum atomic E-state index is 13.8. The Kier molecular flexibility index (Phi) is 5.35. The summed E-state index contributed by atoms with van der Waals surface area (Å²) in [6.07, 6.45) is 3.26. The number of hydrogen-bond acceptors (Lipinski definition) is 3. The van der Waals surface area contributed by atoms with Crippen molar-refractivity contribution in [1.29, 1.82) is 0 Å². The molecule has 4 nitrogen and oxygen atoms in total. The molecule has 0 radical (unpaired) electrons. The molecule has 1 fully saturated rings. The standard InChI is InChI=1S/C15H22FNO3S/c1-11-5-6-13(14(16)9-11)10-21(19,20)17-15-4-2-3-12(15)7-8-18/h5-6,9,12,15,17-18H,2-4,7-8,10H2,1H3/t12-,15+/m1/s1. The van der Waals surface area contributed by atoms with Crippen LogP contribution in [0.4, 0.5) is 4.39 Å². The molecule has 0 saturated heterocycles. The largest absolute Gasteiger partial charge is 0.396 e. The first-order valence-electron chi connectivity index (χ1n) is 7.27. The van der Waals surface area contributed by atoms with E-state index >= 15 is 0 Å². The van der Waals surface area contributed by atoms with Gasteiger partial charge in [-0.05, 0) is 43.7 Å². The van der Waals surface area contributed by atoms with Crippen LogP contribution in [-0.2, 0) is 15.8 Å². The molecule has 21 heavy (non-hydrogen) atoms. The second kappa shape index (κ2) is 6.85. The SMILES string of the molecule is Cc1ccc(CS(=O)(=O)N[C@H]2CCC[C@@H]2CCO)c(F)c1. The Hall–Kier alpha value is -0.980. The molecule has 1 saturated carbocycles. The highest BCUT2D eigenvalue weighted by atomic mass is 32.2. The lowest BCUT2D eigenvalue weighted by Gasteiger charge is -2.20. The van der Waals surface area contributed by atoms with Crippen molar-refractivity contribution in [2.24, 2.45) is 5.92 Å². The lowest BCUT2D eigenvalue weighted by Crippen LogP contribution is -2.38. The van der Waals surface area contributed by atoms with Crippen LogP contribution in [0.15, 0.2) is 18.2 Å². The zero-order valence-electron chi connectivity index (χ0n) is 12.2. The van der Waals surface area contributed by atoms with Gasteiger partial charge in [0, 0.05) is 18.2 Å². The van der Waals surface area contributed by atoms with Crippen molar-refractivity contribution < 1.29 is 17.9 Å². The lowest BCUT2D eigenvalue weighted by atomic mass is 10.0. The minimum atomic E-state index is -3.58. The van der Waals surface area contributed by atoms with Crippen molar-refractivity contribution in [3.63, 3.8) is 0 Å². The summed E-state index contributed by atoms with van der Waals surface area (Å²) < 4.78 is 40.8. The maximum Gasteiger partial charge on any atom is 0.216 e. The number of halogens is 1. The predicted octanol–water partition coefficient (Wildman–Crippen LogP) is 2.10. The summed E-state index contributed by atoms with van der Waals surface area (Å²) in [6.45, 7) is 1.83. The highest BCUT2D eigenvalue weighted by Crippen LogP contribution is 2.29. The van der Waals surface area contributed by atoms with Crippen molar-refractivity contribution in [2.45, 2.75) is 44.4 Å². The Morgan fingerprint density at radius 3 is 2.81 bits per heavy atom. The quantitative estimate of drug-likeness (QED) is 0.845. The smallest absolute Gasteiger partial charge is 0.216 e. The first kappa shape index (κ1) is 16.4. The number of hydrogen-bond donors (Lipinski definition) is 2. The minimum absolute atomic E-state index is 0.0650. The monoisotopic (exact) mass is 315 g/mol. The van der Waals surface area contributed by atoms with Gasteiger partial charge in [-0.1, -0.05) is 18.6 Å². The Morgan fingerprint density at radius 2 is 2.14 bits per heavy atom. The summed E-state index contributed by atoms with van der Waals surface area (Å²) in [7, 11) is -3.58.